The van der Waals surface area contributed by atoms with Crippen molar-refractivity contribution < 1.29 is 14.7 Å². The molecule has 6 heteroatoms. The number of carbonyl (C=O) groups excluding carboxylic acids is 1. The summed E-state index contributed by atoms with van der Waals surface area (Å²) in [5, 5.41) is 11.0. The molecule has 0 saturated heterocycles. The number of rotatable bonds is 2. The van der Waals surface area contributed by atoms with Gasteiger partial charge < -0.3 is 10.8 Å². The first-order valence-corrected chi connectivity index (χ1v) is 5.33. The summed E-state index contributed by atoms with van der Waals surface area (Å²) < 4.78 is 0.816. The molecular formula is C8H5NO3S2. The molecule has 0 aliphatic heterocycles. The number of thiophene rings is 2. The van der Waals surface area contributed by atoms with Crippen molar-refractivity contribution in [1.82, 2.24) is 0 Å². The molecule has 0 unspecified atom stereocenters. The second-order valence-corrected chi connectivity index (χ2v) is 4.82. The Bertz CT molecular complexity index is 526. The molecule has 2 aromatic rings. The van der Waals surface area contributed by atoms with Gasteiger partial charge in [0.1, 0.15) is 0 Å². The third kappa shape index (κ3) is 1.28. The minimum Gasteiger partial charge on any atom is -0.478 e. The number of fused-ring (bicyclic) bond motifs is 1. The summed E-state index contributed by atoms with van der Waals surface area (Å²) in [4.78, 5) is 22.0. The van der Waals surface area contributed by atoms with Crippen molar-refractivity contribution in [2.45, 2.75) is 0 Å². The molecule has 0 bridgehead atoms. The van der Waals surface area contributed by atoms with Crippen LogP contribution in [0.25, 0.3) is 9.40 Å². The maximum atomic E-state index is 10.8. The van der Waals surface area contributed by atoms with Crippen LogP contribution in [0.2, 0.25) is 0 Å². The molecule has 0 radical (unpaired) electrons. The minimum atomic E-state index is -0.981. The number of aromatic carboxylic acids is 1. The number of hydrogen-bond donors (Lipinski definition) is 2. The SMILES string of the molecule is NC(=O)c1cc2c(C(=O)O)csc2s1. The lowest BCUT2D eigenvalue weighted by Crippen LogP contribution is -2.08. The quantitative estimate of drug-likeness (QED) is 0.820. The van der Waals surface area contributed by atoms with Crippen LogP contribution in [-0.2, 0) is 0 Å². The van der Waals surface area contributed by atoms with Gasteiger partial charge in [0.05, 0.1) is 14.5 Å². The summed E-state index contributed by atoms with van der Waals surface area (Å²) in [7, 11) is 0. The average Bonchev–Trinajstić information content (AvgIpc) is 2.58. The molecule has 0 atom stereocenters. The van der Waals surface area contributed by atoms with Gasteiger partial charge in [-0.1, -0.05) is 0 Å². The molecule has 4 nitrogen and oxygen atoms in total. The Morgan fingerprint density at radius 3 is 2.71 bits per heavy atom. The van der Waals surface area contributed by atoms with Crippen LogP contribution >= 0.6 is 22.7 Å². The monoisotopic (exact) mass is 227 g/mol. The first kappa shape index (κ1) is 9.17. The van der Waals surface area contributed by atoms with Gasteiger partial charge in [-0.15, -0.1) is 22.7 Å². The predicted octanol–water partition coefficient (Wildman–Crippen LogP) is 1.76. The largest absolute Gasteiger partial charge is 0.478 e. The lowest BCUT2D eigenvalue weighted by Gasteiger charge is -1.86. The number of carboxylic acids is 1. The van der Waals surface area contributed by atoms with Crippen molar-refractivity contribution in [1.29, 1.82) is 0 Å². The van der Waals surface area contributed by atoms with E-state index in [1.54, 1.807) is 5.38 Å². The van der Waals surface area contributed by atoms with Crippen molar-refractivity contribution in [2.24, 2.45) is 5.73 Å². The van der Waals surface area contributed by atoms with Gasteiger partial charge in [0, 0.05) is 10.8 Å². The number of primary amides is 1. The van der Waals surface area contributed by atoms with Crippen LogP contribution in [-0.4, -0.2) is 17.0 Å². The van der Waals surface area contributed by atoms with E-state index in [1.807, 2.05) is 0 Å². The first-order valence-electron chi connectivity index (χ1n) is 3.63. The molecule has 72 valence electrons. The summed E-state index contributed by atoms with van der Waals surface area (Å²) >= 11 is 2.53. The van der Waals surface area contributed by atoms with Gasteiger partial charge in [0.25, 0.3) is 5.91 Å². The highest BCUT2D eigenvalue weighted by Gasteiger charge is 2.15. The fourth-order valence-corrected chi connectivity index (χ4v) is 3.22. The third-order valence-corrected chi connectivity index (χ3v) is 4.02. The van der Waals surface area contributed by atoms with E-state index in [0.717, 1.165) is 4.01 Å². The molecule has 0 aliphatic carbocycles. The molecule has 0 saturated carbocycles. The van der Waals surface area contributed by atoms with E-state index < -0.39 is 11.9 Å². The molecule has 2 aromatic heterocycles. The Kier molecular flexibility index (Phi) is 2.01. The van der Waals surface area contributed by atoms with E-state index in [9.17, 15) is 9.59 Å². The number of carbonyl (C=O) groups is 2. The van der Waals surface area contributed by atoms with Gasteiger partial charge in [0.15, 0.2) is 0 Å². The van der Waals surface area contributed by atoms with Crippen LogP contribution in [0.3, 0.4) is 0 Å². The van der Waals surface area contributed by atoms with Crippen LogP contribution in [0.1, 0.15) is 20.0 Å². The Morgan fingerprint density at radius 1 is 1.43 bits per heavy atom. The van der Waals surface area contributed by atoms with E-state index in [4.69, 9.17) is 10.8 Å². The molecule has 0 aliphatic rings. The molecule has 3 N–H and O–H groups in total. The zero-order valence-electron chi connectivity index (χ0n) is 6.81. The number of carboxylic acid groups (broad SMARTS) is 1. The van der Waals surface area contributed by atoms with Gasteiger partial charge in [0.2, 0.25) is 0 Å². The normalized spacial score (nSPS) is 10.6. The average molecular weight is 227 g/mol. The lowest BCUT2D eigenvalue weighted by molar-refractivity contribution is 0.0699. The van der Waals surface area contributed by atoms with Gasteiger partial charge in [-0.2, -0.15) is 0 Å². The van der Waals surface area contributed by atoms with E-state index in [2.05, 4.69) is 0 Å². The maximum absolute atomic E-state index is 10.8. The molecular weight excluding hydrogens is 222 g/mol. The molecule has 1 amide bonds. The van der Waals surface area contributed by atoms with Gasteiger partial charge in [-0.25, -0.2) is 4.79 Å². The Balaban J connectivity index is 2.67. The van der Waals surface area contributed by atoms with Crippen molar-refractivity contribution in [3.63, 3.8) is 0 Å². The molecule has 14 heavy (non-hydrogen) atoms. The predicted molar refractivity (Wildman–Crippen MR) is 55.2 cm³/mol. The van der Waals surface area contributed by atoms with Crippen LogP contribution in [0.5, 0.6) is 0 Å². The standard InChI is InChI=1S/C8H5NO3S2/c9-6(10)5-1-3-4(7(11)12)2-13-8(3)14-5/h1-2H,(H2,9,10)(H,11,12). The Labute approximate surface area is 86.6 Å². The zero-order chi connectivity index (χ0) is 10.3. The topological polar surface area (TPSA) is 80.4 Å². The second kappa shape index (κ2) is 3.07. The van der Waals surface area contributed by atoms with Crippen LogP contribution in [0.15, 0.2) is 11.4 Å². The summed E-state index contributed by atoms with van der Waals surface area (Å²) in [6, 6.07) is 1.53. The molecule has 0 fully saturated rings. The molecule has 2 rings (SSSR count). The molecule has 0 aromatic carbocycles. The third-order valence-electron chi connectivity index (χ3n) is 1.75. The molecule has 2 heterocycles. The van der Waals surface area contributed by atoms with Crippen LogP contribution in [0.4, 0.5) is 0 Å². The van der Waals surface area contributed by atoms with E-state index >= 15 is 0 Å². The summed E-state index contributed by atoms with van der Waals surface area (Å²) in [6.45, 7) is 0. The number of amides is 1. The highest BCUT2D eigenvalue weighted by molar-refractivity contribution is 7.38. The Morgan fingerprint density at radius 2 is 2.14 bits per heavy atom. The minimum absolute atomic E-state index is 0.230. The van der Waals surface area contributed by atoms with E-state index in [1.165, 1.54) is 28.7 Å². The number of hydrogen-bond acceptors (Lipinski definition) is 4. The summed E-state index contributed by atoms with van der Waals surface area (Å²) in [5.74, 6) is -1.50. The van der Waals surface area contributed by atoms with Gasteiger partial charge in [-0.3, -0.25) is 4.79 Å². The lowest BCUT2D eigenvalue weighted by atomic mass is 10.2. The van der Waals surface area contributed by atoms with Crippen molar-refractivity contribution >= 4 is 43.9 Å². The fraction of sp³-hybridized carbons (Fsp3) is 0. The van der Waals surface area contributed by atoms with Crippen LogP contribution in [0, 0.1) is 0 Å². The van der Waals surface area contributed by atoms with Crippen LogP contribution < -0.4 is 5.73 Å². The maximum Gasteiger partial charge on any atom is 0.337 e. The van der Waals surface area contributed by atoms with E-state index in [0.29, 0.717) is 10.3 Å². The highest BCUT2D eigenvalue weighted by Crippen LogP contribution is 2.33. The Hall–Kier alpha value is -1.40. The van der Waals surface area contributed by atoms with Gasteiger partial charge >= 0.3 is 5.97 Å². The molecule has 0 spiro atoms. The van der Waals surface area contributed by atoms with E-state index in [-0.39, 0.29) is 5.56 Å². The van der Waals surface area contributed by atoms with Crippen molar-refractivity contribution in [3.05, 3.63) is 21.9 Å². The fourth-order valence-electron chi connectivity index (χ4n) is 1.11. The van der Waals surface area contributed by atoms with Crippen molar-refractivity contribution in [3.8, 4) is 0 Å². The van der Waals surface area contributed by atoms with Crippen molar-refractivity contribution in [2.75, 3.05) is 0 Å². The highest BCUT2D eigenvalue weighted by atomic mass is 32.2. The zero-order valence-corrected chi connectivity index (χ0v) is 8.45. The first-order chi connectivity index (χ1) is 6.59. The smallest absolute Gasteiger partial charge is 0.337 e. The summed E-state index contributed by atoms with van der Waals surface area (Å²) in [6.07, 6.45) is 0. The van der Waals surface area contributed by atoms with Gasteiger partial charge in [-0.05, 0) is 6.07 Å². The number of nitrogens with two attached hydrogens (primary N) is 1. The summed E-state index contributed by atoms with van der Waals surface area (Å²) in [5.41, 5.74) is 5.32. The second-order valence-electron chi connectivity index (χ2n) is 2.63.